The summed E-state index contributed by atoms with van der Waals surface area (Å²) in [6.07, 6.45) is 2.36. The maximum absolute atomic E-state index is 13.9. The van der Waals surface area contributed by atoms with Gasteiger partial charge in [-0.3, -0.25) is 14.0 Å². The number of carboxylic acid groups (broad SMARTS) is 1. The van der Waals surface area contributed by atoms with Gasteiger partial charge in [0.2, 0.25) is 5.43 Å². The topological polar surface area (TPSA) is 179 Å². The lowest BCUT2D eigenvalue weighted by molar-refractivity contribution is -0.255. The zero-order valence-corrected chi connectivity index (χ0v) is 23.3. The van der Waals surface area contributed by atoms with Crippen LogP contribution in [0.25, 0.3) is 27.7 Å². The Morgan fingerprint density at radius 3 is 2.10 bits per heavy atom. The predicted molar refractivity (Wildman–Crippen MR) is 142 cm³/mol. The number of ether oxygens (including phenoxy) is 8. The molecule has 3 aromatic heterocycles. The standard InChI is InChI=1S/C27H28N2O13/c1-14-21(26(31)29-8-19(41-12-36-4)16(39-10-34-2)7-20(29)28-14)15-9-38-17-6-18(40-11-35-3)25(42-13-37-5)23(27(32)33)22(17)24(15)30/h6-9H,10-13H2,1-5H3,(H,32,33)/p-1. The van der Waals surface area contributed by atoms with Crippen LogP contribution in [0.15, 0.2) is 38.6 Å². The Morgan fingerprint density at radius 2 is 1.48 bits per heavy atom. The quantitative estimate of drug-likeness (QED) is 0.191. The Labute approximate surface area is 237 Å². The maximum atomic E-state index is 13.9. The van der Waals surface area contributed by atoms with Crippen molar-refractivity contribution in [2.45, 2.75) is 6.92 Å². The summed E-state index contributed by atoms with van der Waals surface area (Å²) < 4.78 is 48.5. The molecule has 0 radical (unpaired) electrons. The minimum absolute atomic E-state index is 0.102. The van der Waals surface area contributed by atoms with Crippen LogP contribution in [0.3, 0.4) is 0 Å². The number of carbonyl (C=O) groups is 1. The largest absolute Gasteiger partial charge is 0.545 e. The molecular weight excluding hydrogens is 560 g/mol. The molecule has 0 aliphatic heterocycles. The number of nitrogens with zero attached hydrogens (tertiary/aromatic N) is 2. The number of aryl methyl sites for hydroxylation is 1. The number of pyridine rings is 1. The third kappa shape index (κ3) is 5.84. The van der Waals surface area contributed by atoms with E-state index in [2.05, 4.69) is 4.98 Å². The van der Waals surface area contributed by atoms with E-state index in [-0.39, 0.29) is 78.2 Å². The molecule has 0 saturated heterocycles. The van der Waals surface area contributed by atoms with E-state index in [0.717, 1.165) is 10.7 Å². The van der Waals surface area contributed by atoms with Gasteiger partial charge in [-0.1, -0.05) is 0 Å². The third-order valence-electron chi connectivity index (χ3n) is 5.85. The Kier molecular flexibility index (Phi) is 9.59. The number of carbonyl (C=O) groups excluding carboxylic acids is 1. The van der Waals surface area contributed by atoms with Crippen molar-refractivity contribution in [1.82, 2.24) is 9.38 Å². The van der Waals surface area contributed by atoms with Gasteiger partial charge in [0.25, 0.3) is 5.56 Å². The molecular formula is C27H27N2O13-. The number of rotatable bonds is 14. The van der Waals surface area contributed by atoms with E-state index in [4.69, 9.17) is 42.3 Å². The van der Waals surface area contributed by atoms with Gasteiger partial charge in [-0.15, -0.1) is 0 Å². The molecule has 42 heavy (non-hydrogen) atoms. The van der Waals surface area contributed by atoms with E-state index in [1.807, 2.05) is 0 Å². The van der Waals surface area contributed by atoms with Crippen molar-refractivity contribution in [2.75, 3.05) is 55.6 Å². The van der Waals surface area contributed by atoms with Gasteiger partial charge in [-0.2, -0.15) is 0 Å². The minimum atomic E-state index is -1.76. The molecule has 4 aromatic rings. The fourth-order valence-corrected chi connectivity index (χ4v) is 4.14. The van der Waals surface area contributed by atoms with Crippen molar-refractivity contribution in [3.05, 3.63) is 56.4 Å². The monoisotopic (exact) mass is 587 g/mol. The molecule has 0 bridgehead atoms. The van der Waals surface area contributed by atoms with Crippen molar-refractivity contribution >= 4 is 22.6 Å². The summed E-state index contributed by atoms with van der Waals surface area (Å²) in [6.45, 7) is 0.614. The Morgan fingerprint density at radius 1 is 0.881 bits per heavy atom. The number of hydrogen-bond acceptors (Lipinski definition) is 14. The van der Waals surface area contributed by atoms with Crippen LogP contribution >= 0.6 is 0 Å². The average molecular weight is 588 g/mol. The molecule has 224 valence electrons. The second-order valence-electron chi connectivity index (χ2n) is 8.53. The number of benzene rings is 1. The van der Waals surface area contributed by atoms with E-state index in [9.17, 15) is 19.5 Å². The van der Waals surface area contributed by atoms with Crippen molar-refractivity contribution in [3.63, 3.8) is 0 Å². The Bertz CT molecular complexity index is 1730. The lowest BCUT2D eigenvalue weighted by Crippen LogP contribution is -2.27. The van der Waals surface area contributed by atoms with Gasteiger partial charge < -0.3 is 52.2 Å². The minimum Gasteiger partial charge on any atom is -0.545 e. The molecule has 0 fully saturated rings. The molecule has 4 rings (SSSR count). The number of methoxy groups -OCH3 is 4. The number of carboxylic acids is 1. The molecule has 0 aliphatic carbocycles. The van der Waals surface area contributed by atoms with Crippen molar-refractivity contribution < 1.29 is 52.2 Å². The van der Waals surface area contributed by atoms with Crippen LogP contribution in [0, 0.1) is 6.92 Å². The van der Waals surface area contributed by atoms with Crippen LogP contribution in [0.4, 0.5) is 0 Å². The SMILES string of the molecule is COCOc1cc2nc(C)c(-c3coc4cc(OCOC)c(OCOC)c(C(=O)[O-])c4c3=O)c(=O)n2cc1OCOC. The lowest BCUT2D eigenvalue weighted by atomic mass is 10.0. The van der Waals surface area contributed by atoms with E-state index >= 15 is 0 Å². The summed E-state index contributed by atoms with van der Waals surface area (Å²) in [5, 5.41) is 11.9. The molecule has 15 nitrogen and oxygen atoms in total. The van der Waals surface area contributed by atoms with E-state index in [1.165, 1.54) is 53.7 Å². The molecule has 0 unspecified atom stereocenters. The highest BCUT2D eigenvalue weighted by molar-refractivity contribution is 6.06. The lowest BCUT2D eigenvalue weighted by Gasteiger charge is -2.18. The number of aromatic carboxylic acids is 1. The van der Waals surface area contributed by atoms with Crippen molar-refractivity contribution in [2.24, 2.45) is 0 Å². The van der Waals surface area contributed by atoms with Crippen LogP contribution < -0.4 is 35.0 Å². The molecule has 0 N–H and O–H groups in total. The first-order chi connectivity index (χ1) is 20.3. The van der Waals surface area contributed by atoms with Gasteiger partial charge in [-0.25, -0.2) is 4.98 Å². The zero-order chi connectivity index (χ0) is 30.4. The van der Waals surface area contributed by atoms with Gasteiger partial charge in [0.15, 0.2) is 50.2 Å². The maximum Gasteiger partial charge on any atom is 0.266 e. The fourth-order valence-electron chi connectivity index (χ4n) is 4.14. The van der Waals surface area contributed by atoms with Crippen molar-refractivity contribution in [1.29, 1.82) is 0 Å². The van der Waals surface area contributed by atoms with Gasteiger partial charge in [0.1, 0.15) is 17.5 Å². The number of hydrogen-bond donors (Lipinski definition) is 0. The molecule has 0 aliphatic rings. The van der Waals surface area contributed by atoms with Crippen LogP contribution in [-0.2, 0) is 18.9 Å². The molecule has 3 heterocycles. The number of aromatic nitrogens is 2. The third-order valence-corrected chi connectivity index (χ3v) is 5.85. The molecule has 0 atom stereocenters. The summed E-state index contributed by atoms with van der Waals surface area (Å²) in [6, 6.07) is 2.72. The molecule has 0 amide bonds. The molecule has 0 saturated carbocycles. The summed E-state index contributed by atoms with van der Waals surface area (Å²) in [5.74, 6) is -1.85. The van der Waals surface area contributed by atoms with Crippen LogP contribution in [0.2, 0.25) is 0 Å². The molecule has 1 aromatic carbocycles. The van der Waals surface area contributed by atoms with Crippen LogP contribution in [-0.4, -0.2) is 71.0 Å². The van der Waals surface area contributed by atoms with E-state index in [0.29, 0.717) is 0 Å². The summed E-state index contributed by atoms with van der Waals surface area (Å²) in [4.78, 5) is 44.4. The summed E-state index contributed by atoms with van der Waals surface area (Å²) in [7, 11) is 5.55. The first kappa shape index (κ1) is 30.3. The highest BCUT2D eigenvalue weighted by Gasteiger charge is 2.25. The van der Waals surface area contributed by atoms with Crippen LogP contribution in [0.5, 0.6) is 23.0 Å². The van der Waals surface area contributed by atoms with E-state index < -0.39 is 27.9 Å². The van der Waals surface area contributed by atoms with E-state index in [1.54, 1.807) is 0 Å². The van der Waals surface area contributed by atoms with Gasteiger partial charge in [-0.05, 0) is 6.92 Å². The molecule has 0 spiro atoms. The Balaban J connectivity index is 2.00. The first-order valence-corrected chi connectivity index (χ1v) is 12.1. The average Bonchev–Trinajstić information content (AvgIpc) is 2.97. The highest BCUT2D eigenvalue weighted by atomic mass is 16.7. The Hall–Kier alpha value is -4.70. The summed E-state index contributed by atoms with van der Waals surface area (Å²) >= 11 is 0. The van der Waals surface area contributed by atoms with Crippen molar-refractivity contribution in [3.8, 4) is 34.1 Å². The van der Waals surface area contributed by atoms with Crippen LogP contribution in [0.1, 0.15) is 16.1 Å². The predicted octanol–water partition coefficient (Wildman–Crippen LogP) is 1.07. The van der Waals surface area contributed by atoms with Gasteiger partial charge in [0.05, 0.1) is 39.9 Å². The second-order valence-corrected chi connectivity index (χ2v) is 8.53. The smallest absolute Gasteiger partial charge is 0.266 e. The zero-order valence-electron chi connectivity index (χ0n) is 23.3. The molecule has 15 heteroatoms. The van der Waals surface area contributed by atoms with Gasteiger partial charge in [0, 0.05) is 40.6 Å². The fraction of sp³-hybridized carbons (Fsp3) is 0.333. The second kappa shape index (κ2) is 13.3. The van der Waals surface area contributed by atoms with Gasteiger partial charge >= 0.3 is 0 Å². The first-order valence-electron chi connectivity index (χ1n) is 12.1. The number of fused-ring (bicyclic) bond motifs is 2. The highest BCUT2D eigenvalue weighted by Crippen LogP contribution is 2.37. The normalized spacial score (nSPS) is 11.2. The summed E-state index contributed by atoms with van der Waals surface area (Å²) in [5.41, 5.74) is -2.42.